The Morgan fingerprint density at radius 2 is 2.00 bits per heavy atom. The van der Waals surface area contributed by atoms with Crippen molar-refractivity contribution in [3.63, 3.8) is 0 Å². The normalized spacial score (nSPS) is 12.8. The maximum Gasteiger partial charge on any atom is 0.00792 e. The van der Waals surface area contributed by atoms with Crippen molar-refractivity contribution in [3.05, 3.63) is 35.4 Å². The summed E-state index contributed by atoms with van der Waals surface area (Å²) in [6, 6.07) is 9.20. The smallest absolute Gasteiger partial charge is 0.00792 e. The lowest BCUT2D eigenvalue weighted by Gasteiger charge is -2.14. The van der Waals surface area contributed by atoms with E-state index in [0.29, 0.717) is 6.04 Å². The molecule has 0 saturated heterocycles. The minimum atomic E-state index is 0.580. The zero-order valence-electron chi connectivity index (χ0n) is 9.51. The molecule has 0 aliphatic heterocycles. The number of aryl methyl sites for hydroxylation is 1. The van der Waals surface area contributed by atoms with Gasteiger partial charge in [-0.2, -0.15) is 0 Å². The van der Waals surface area contributed by atoms with Gasteiger partial charge in [-0.15, -0.1) is 0 Å². The van der Waals surface area contributed by atoms with Crippen LogP contribution in [0.3, 0.4) is 0 Å². The third-order valence-corrected chi connectivity index (χ3v) is 2.53. The van der Waals surface area contributed by atoms with E-state index < -0.39 is 0 Å². The van der Waals surface area contributed by atoms with Crippen LogP contribution >= 0.6 is 0 Å². The quantitative estimate of drug-likeness (QED) is 0.754. The highest BCUT2D eigenvalue weighted by molar-refractivity contribution is 5.26. The molecule has 0 amide bonds. The lowest BCUT2D eigenvalue weighted by molar-refractivity contribution is 0.543. The van der Waals surface area contributed by atoms with Gasteiger partial charge in [-0.05, 0) is 44.4 Å². The van der Waals surface area contributed by atoms with Gasteiger partial charge in [0.2, 0.25) is 0 Å². The summed E-state index contributed by atoms with van der Waals surface area (Å²) in [4.78, 5) is 0. The van der Waals surface area contributed by atoms with E-state index in [1.54, 1.807) is 0 Å². The fraction of sp³-hybridized carbons (Fsp3) is 0.538. The van der Waals surface area contributed by atoms with Crippen molar-refractivity contribution in [2.75, 3.05) is 6.54 Å². The average Bonchev–Trinajstić information content (AvgIpc) is 2.18. The third-order valence-electron chi connectivity index (χ3n) is 2.53. The van der Waals surface area contributed by atoms with E-state index in [2.05, 4.69) is 50.4 Å². The number of hydrogen-bond donors (Lipinski definition) is 1. The third kappa shape index (κ3) is 3.51. The fourth-order valence-electron chi connectivity index (χ4n) is 1.63. The molecule has 1 unspecified atom stereocenters. The SMILES string of the molecule is CCCNC(C)Cc1ccccc1C. The molecule has 0 aliphatic rings. The number of nitrogens with one attached hydrogen (secondary N) is 1. The Hall–Kier alpha value is -0.820. The van der Waals surface area contributed by atoms with Crippen LogP contribution in [0.25, 0.3) is 0 Å². The van der Waals surface area contributed by atoms with Gasteiger partial charge < -0.3 is 5.32 Å². The lowest BCUT2D eigenvalue weighted by atomic mass is 10.0. The minimum absolute atomic E-state index is 0.580. The van der Waals surface area contributed by atoms with Gasteiger partial charge in [0.05, 0.1) is 0 Å². The van der Waals surface area contributed by atoms with Gasteiger partial charge >= 0.3 is 0 Å². The van der Waals surface area contributed by atoms with Gasteiger partial charge in [0.1, 0.15) is 0 Å². The van der Waals surface area contributed by atoms with Crippen LogP contribution in [0.2, 0.25) is 0 Å². The highest BCUT2D eigenvalue weighted by Gasteiger charge is 2.03. The van der Waals surface area contributed by atoms with E-state index in [9.17, 15) is 0 Å². The van der Waals surface area contributed by atoms with E-state index in [-0.39, 0.29) is 0 Å². The van der Waals surface area contributed by atoms with Crippen molar-refractivity contribution in [3.8, 4) is 0 Å². The van der Waals surface area contributed by atoms with E-state index in [1.165, 1.54) is 17.5 Å². The average molecular weight is 191 g/mol. The predicted octanol–water partition coefficient (Wildman–Crippen LogP) is 2.93. The summed E-state index contributed by atoms with van der Waals surface area (Å²) in [6.45, 7) is 7.75. The van der Waals surface area contributed by atoms with Gasteiger partial charge in [-0.1, -0.05) is 31.2 Å². The van der Waals surface area contributed by atoms with Crippen molar-refractivity contribution in [1.82, 2.24) is 5.32 Å². The minimum Gasteiger partial charge on any atom is -0.314 e. The van der Waals surface area contributed by atoms with Gasteiger partial charge in [0.25, 0.3) is 0 Å². The van der Waals surface area contributed by atoms with Crippen molar-refractivity contribution >= 4 is 0 Å². The summed E-state index contributed by atoms with van der Waals surface area (Å²) in [5.74, 6) is 0. The molecular formula is C13H21N. The molecule has 0 spiro atoms. The van der Waals surface area contributed by atoms with E-state index >= 15 is 0 Å². The largest absolute Gasteiger partial charge is 0.314 e. The zero-order valence-corrected chi connectivity index (χ0v) is 9.51. The lowest BCUT2D eigenvalue weighted by Crippen LogP contribution is -2.28. The fourth-order valence-corrected chi connectivity index (χ4v) is 1.63. The molecule has 0 aliphatic carbocycles. The first-order valence-electron chi connectivity index (χ1n) is 5.52. The Bertz CT molecular complexity index is 268. The van der Waals surface area contributed by atoms with Crippen LogP contribution in [-0.2, 0) is 6.42 Å². The molecule has 1 N–H and O–H groups in total. The van der Waals surface area contributed by atoms with E-state index in [1.807, 2.05) is 0 Å². The second-order valence-corrected chi connectivity index (χ2v) is 3.99. The topological polar surface area (TPSA) is 12.0 Å². The number of rotatable bonds is 5. The second-order valence-electron chi connectivity index (χ2n) is 3.99. The van der Waals surface area contributed by atoms with E-state index in [4.69, 9.17) is 0 Å². The Labute approximate surface area is 87.5 Å². The Balaban J connectivity index is 2.47. The molecule has 78 valence electrons. The standard InChI is InChI=1S/C13H21N/c1-4-9-14-12(3)10-13-8-6-5-7-11(13)2/h5-8,12,14H,4,9-10H2,1-3H3. The zero-order chi connectivity index (χ0) is 10.4. The summed E-state index contributed by atoms with van der Waals surface area (Å²) < 4.78 is 0. The predicted molar refractivity (Wildman–Crippen MR) is 62.6 cm³/mol. The van der Waals surface area contributed by atoms with Gasteiger partial charge in [0, 0.05) is 6.04 Å². The molecule has 0 bridgehead atoms. The molecule has 1 rings (SSSR count). The highest BCUT2D eigenvalue weighted by Crippen LogP contribution is 2.09. The molecule has 1 nitrogen and oxygen atoms in total. The molecule has 0 aromatic heterocycles. The van der Waals surface area contributed by atoms with Crippen LogP contribution in [0.15, 0.2) is 24.3 Å². The summed E-state index contributed by atoms with van der Waals surface area (Å²) in [5, 5.41) is 3.51. The summed E-state index contributed by atoms with van der Waals surface area (Å²) in [5.41, 5.74) is 2.86. The first kappa shape index (κ1) is 11.3. The van der Waals surface area contributed by atoms with Crippen LogP contribution in [0.5, 0.6) is 0 Å². The molecule has 14 heavy (non-hydrogen) atoms. The molecular weight excluding hydrogens is 170 g/mol. The molecule has 0 fully saturated rings. The molecule has 1 aromatic rings. The molecule has 0 saturated carbocycles. The van der Waals surface area contributed by atoms with Crippen LogP contribution in [0, 0.1) is 6.92 Å². The van der Waals surface area contributed by atoms with Gasteiger partial charge in [0.15, 0.2) is 0 Å². The number of benzene rings is 1. The van der Waals surface area contributed by atoms with Crippen molar-refractivity contribution in [2.45, 2.75) is 39.7 Å². The molecule has 1 atom stereocenters. The summed E-state index contributed by atoms with van der Waals surface area (Å²) in [6.07, 6.45) is 2.34. The molecule has 0 radical (unpaired) electrons. The maximum absolute atomic E-state index is 3.51. The van der Waals surface area contributed by atoms with Crippen LogP contribution in [0.1, 0.15) is 31.4 Å². The van der Waals surface area contributed by atoms with E-state index in [0.717, 1.165) is 13.0 Å². The van der Waals surface area contributed by atoms with Crippen LogP contribution in [-0.4, -0.2) is 12.6 Å². The van der Waals surface area contributed by atoms with Crippen LogP contribution in [0.4, 0.5) is 0 Å². The molecule has 1 aromatic carbocycles. The Morgan fingerprint density at radius 1 is 1.29 bits per heavy atom. The molecule has 1 heteroatoms. The van der Waals surface area contributed by atoms with Gasteiger partial charge in [-0.25, -0.2) is 0 Å². The van der Waals surface area contributed by atoms with Crippen molar-refractivity contribution in [1.29, 1.82) is 0 Å². The Morgan fingerprint density at radius 3 is 2.64 bits per heavy atom. The molecule has 0 heterocycles. The Kier molecular flexibility index (Phi) is 4.68. The first-order valence-corrected chi connectivity index (χ1v) is 5.52. The second kappa shape index (κ2) is 5.82. The summed E-state index contributed by atoms with van der Waals surface area (Å²) >= 11 is 0. The maximum atomic E-state index is 3.51. The monoisotopic (exact) mass is 191 g/mol. The highest BCUT2D eigenvalue weighted by atomic mass is 14.9. The first-order chi connectivity index (χ1) is 6.74. The van der Waals surface area contributed by atoms with Crippen LogP contribution < -0.4 is 5.32 Å². The van der Waals surface area contributed by atoms with Gasteiger partial charge in [-0.3, -0.25) is 0 Å². The summed E-state index contributed by atoms with van der Waals surface area (Å²) in [7, 11) is 0. The number of hydrogen-bond acceptors (Lipinski definition) is 1. The van der Waals surface area contributed by atoms with Crippen molar-refractivity contribution in [2.24, 2.45) is 0 Å². The van der Waals surface area contributed by atoms with Crippen molar-refractivity contribution < 1.29 is 0 Å².